The lowest BCUT2D eigenvalue weighted by Crippen LogP contribution is -2.66. The van der Waals surface area contributed by atoms with Crippen LogP contribution in [0.25, 0.3) is 0 Å². The second kappa shape index (κ2) is 30.1. The summed E-state index contributed by atoms with van der Waals surface area (Å²) in [5.74, 6) is -9.96. The summed E-state index contributed by atoms with van der Waals surface area (Å²) in [5.41, 5.74) is 4.00. The minimum atomic E-state index is -2.47. The zero-order valence-electron chi connectivity index (χ0n) is 47.4. The van der Waals surface area contributed by atoms with Crippen LogP contribution in [0.2, 0.25) is 0 Å². The van der Waals surface area contributed by atoms with E-state index in [9.17, 15) is 28.8 Å². The molecule has 2 aromatic carbocycles. The Morgan fingerprint density at radius 1 is 0.494 bits per heavy atom. The predicted molar refractivity (Wildman–Crippen MR) is 297 cm³/mol. The lowest BCUT2D eigenvalue weighted by molar-refractivity contribution is -0.385. The van der Waals surface area contributed by atoms with Gasteiger partial charge in [0.2, 0.25) is 12.1 Å². The van der Waals surface area contributed by atoms with Crippen molar-refractivity contribution in [3.8, 4) is 11.5 Å². The van der Waals surface area contributed by atoms with Crippen molar-refractivity contribution in [3.63, 3.8) is 0 Å². The Labute approximate surface area is 481 Å². The van der Waals surface area contributed by atoms with E-state index >= 15 is 0 Å². The van der Waals surface area contributed by atoms with Gasteiger partial charge in [-0.05, 0) is 107 Å². The minimum Gasteiger partial charge on any atom is -0.490 e. The summed E-state index contributed by atoms with van der Waals surface area (Å²) in [6.45, 7) is 25.7. The van der Waals surface area contributed by atoms with Crippen molar-refractivity contribution in [2.45, 2.75) is 166 Å². The lowest BCUT2D eigenvalue weighted by atomic mass is 9.97. The van der Waals surface area contributed by atoms with E-state index in [1.54, 1.807) is 83.1 Å². The van der Waals surface area contributed by atoms with Crippen molar-refractivity contribution in [2.24, 2.45) is 35.5 Å². The fraction of sp³-hybridized carbons (Fsp3) is 0.679. The molecule has 2 aliphatic heterocycles. The second-order valence-electron chi connectivity index (χ2n) is 21.3. The summed E-state index contributed by atoms with van der Waals surface area (Å²) in [7, 11) is 0. The monoisotopic (exact) mass is 1310 g/mol. The van der Waals surface area contributed by atoms with Crippen LogP contribution in [0.5, 0.6) is 11.5 Å². The number of hydrogen-bond donors (Lipinski definition) is 0. The molecule has 2 aromatic rings. The summed E-state index contributed by atoms with van der Waals surface area (Å²) in [5, 5.41) is 0. The average Bonchev–Trinajstić information content (AvgIpc) is 3.61. The third-order valence-electron chi connectivity index (χ3n) is 12.1. The number of ether oxygens (including phenoxy) is 13. The van der Waals surface area contributed by atoms with Crippen LogP contribution in [0.1, 0.15) is 105 Å². The highest BCUT2D eigenvalue weighted by Gasteiger charge is 2.65. The van der Waals surface area contributed by atoms with Gasteiger partial charge in [0.15, 0.2) is 30.5 Å². The van der Waals surface area contributed by atoms with Crippen molar-refractivity contribution in [2.75, 3.05) is 46.2 Å². The quantitative estimate of drug-likeness (QED) is 0.0354. The average molecular weight is 1310 g/mol. The van der Waals surface area contributed by atoms with Gasteiger partial charge in [0, 0.05) is 0 Å². The summed E-state index contributed by atoms with van der Waals surface area (Å²) in [6, 6.07) is 7.98. The molecule has 19 nitrogen and oxygen atoms in total. The molecule has 0 spiro atoms. The number of carbonyl (C=O) groups excluding carboxylic acids is 6. The van der Waals surface area contributed by atoms with Crippen LogP contribution >= 0.6 is 45.2 Å². The number of halogens is 2. The molecule has 21 heteroatoms. The fourth-order valence-electron chi connectivity index (χ4n) is 7.87. The number of rotatable bonds is 27. The molecule has 432 valence electrons. The van der Waals surface area contributed by atoms with E-state index < -0.39 is 133 Å². The molecule has 9 atom stereocenters. The molecule has 0 bridgehead atoms. The molecule has 2 fully saturated rings. The number of carbonyl (C=O) groups is 6. The third kappa shape index (κ3) is 18.6. The SMILES string of the molecule is Cc1cc(C)c(OCCOC[C@H]2O[C@@](COC(=O)C(C)C)(O[C@H]3O[C@H](COCCOc4c(C)cc(C)cc4I)[C@@H](OC(=O)C(C)C)[C@H](OC(=O)C(C)C)[C@H]3OC(=O)C(C)C)[C@@H](OC(=O)C(C)C)[C@@H]2OC(=O)C(C)C)c(I)c1. The van der Waals surface area contributed by atoms with Crippen molar-refractivity contribution in [1.29, 1.82) is 0 Å². The van der Waals surface area contributed by atoms with Crippen LogP contribution < -0.4 is 9.47 Å². The molecule has 0 radical (unpaired) electrons. The highest BCUT2D eigenvalue weighted by molar-refractivity contribution is 14.1. The molecular weight excluding hydrogens is 1230 g/mol. The Bertz CT molecular complexity index is 2290. The van der Waals surface area contributed by atoms with Gasteiger partial charge in [0.05, 0.1) is 69.1 Å². The summed E-state index contributed by atoms with van der Waals surface area (Å²) < 4.78 is 83.6. The van der Waals surface area contributed by atoms with Gasteiger partial charge in [0.25, 0.3) is 0 Å². The molecule has 0 amide bonds. The van der Waals surface area contributed by atoms with Gasteiger partial charge in [-0.2, -0.15) is 0 Å². The topological polar surface area (TPSA) is 222 Å². The van der Waals surface area contributed by atoms with Crippen molar-refractivity contribution in [3.05, 3.63) is 53.7 Å². The maximum atomic E-state index is 13.9. The molecule has 77 heavy (non-hydrogen) atoms. The first-order valence-electron chi connectivity index (χ1n) is 26.2. The maximum Gasteiger partial charge on any atom is 0.308 e. The predicted octanol–water partition coefficient (Wildman–Crippen LogP) is 8.50. The molecule has 0 unspecified atom stereocenters. The Balaban J connectivity index is 1.90. The van der Waals surface area contributed by atoms with Gasteiger partial charge >= 0.3 is 35.8 Å². The van der Waals surface area contributed by atoms with Crippen LogP contribution in [0, 0.1) is 70.3 Å². The van der Waals surface area contributed by atoms with Gasteiger partial charge in [0.1, 0.15) is 43.5 Å². The van der Waals surface area contributed by atoms with E-state index in [2.05, 4.69) is 45.2 Å². The Morgan fingerprint density at radius 2 is 0.883 bits per heavy atom. The van der Waals surface area contributed by atoms with Crippen LogP contribution in [0.15, 0.2) is 24.3 Å². The summed E-state index contributed by atoms with van der Waals surface area (Å²) in [4.78, 5) is 82.5. The van der Waals surface area contributed by atoms with Crippen LogP contribution in [0.3, 0.4) is 0 Å². The van der Waals surface area contributed by atoms with Crippen molar-refractivity contribution in [1.82, 2.24) is 0 Å². The number of aryl methyl sites for hydroxylation is 4. The first-order valence-corrected chi connectivity index (χ1v) is 28.4. The fourth-order valence-corrected chi connectivity index (χ4v) is 10.0. The highest BCUT2D eigenvalue weighted by Crippen LogP contribution is 2.43. The molecule has 0 N–H and O–H groups in total. The standard InChI is InChI=1S/C56H80I2O19/c1-28(2)49(59)69-27-56(48(75-54(64)33(11)12)45(72-51(61)30(5)6)41(76-56)26-66-18-20-68-43-37(16)22-35(14)24-39(43)58)77-55-47(74-53(63)32(9)10)46(73-52(62)31(7)8)44(71-50(60)29(3)4)40(70-55)25-65-17-19-67-42-36(15)21-34(13)23-38(42)57/h21-24,28-33,40-41,44-48,55H,17-20,25-27H2,1-16H3/t40-,41-,44-,45-,46+,47-,48+,55-,56+/m1/s1. The first-order chi connectivity index (χ1) is 36.1. The maximum absolute atomic E-state index is 13.9. The van der Waals surface area contributed by atoms with Crippen molar-refractivity contribution < 1.29 is 90.3 Å². The van der Waals surface area contributed by atoms with E-state index in [4.69, 9.17) is 61.6 Å². The zero-order valence-corrected chi connectivity index (χ0v) is 51.7. The molecule has 4 rings (SSSR count). The zero-order chi connectivity index (χ0) is 57.6. The van der Waals surface area contributed by atoms with Crippen LogP contribution in [-0.2, 0) is 80.9 Å². The summed E-state index contributed by atoms with van der Waals surface area (Å²) in [6.07, 6.45) is -12.7. The molecule has 2 saturated heterocycles. The molecule has 2 aliphatic rings. The molecule has 0 aliphatic carbocycles. The molecule has 0 saturated carbocycles. The van der Waals surface area contributed by atoms with Crippen LogP contribution in [-0.4, -0.2) is 137 Å². The molecular formula is C56H80I2O19. The first kappa shape index (κ1) is 65.6. The smallest absolute Gasteiger partial charge is 0.308 e. The second-order valence-corrected chi connectivity index (χ2v) is 23.6. The third-order valence-corrected chi connectivity index (χ3v) is 13.7. The molecule has 2 heterocycles. The Hall–Kier alpha value is -3.88. The largest absolute Gasteiger partial charge is 0.490 e. The van der Waals surface area contributed by atoms with Gasteiger partial charge in [-0.15, -0.1) is 0 Å². The van der Waals surface area contributed by atoms with E-state index in [1.807, 2.05) is 52.0 Å². The van der Waals surface area contributed by atoms with Gasteiger partial charge in [-0.1, -0.05) is 95.2 Å². The van der Waals surface area contributed by atoms with E-state index in [-0.39, 0.29) is 39.6 Å². The normalized spacial score (nSPS) is 23.4. The number of hydrogen-bond acceptors (Lipinski definition) is 19. The summed E-state index contributed by atoms with van der Waals surface area (Å²) >= 11 is 4.40. The lowest BCUT2D eigenvalue weighted by Gasteiger charge is -2.47. The molecule has 0 aromatic heterocycles. The van der Waals surface area contributed by atoms with E-state index in [1.165, 1.54) is 0 Å². The minimum absolute atomic E-state index is 0.00719. The Morgan fingerprint density at radius 3 is 1.31 bits per heavy atom. The van der Waals surface area contributed by atoms with Crippen molar-refractivity contribution >= 4 is 81.0 Å². The van der Waals surface area contributed by atoms with Gasteiger partial charge in [-0.3, -0.25) is 28.8 Å². The number of benzene rings is 2. The van der Waals surface area contributed by atoms with Gasteiger partial charge < -0.3 is 61.6 Å². The van der Waals surface area contributed by atoms with E-state index in [0.29, 0.717) is 11.5 Å². The van der Waals surface area contributed by atoms with Gasteiger partial charge in [-0.25, -0.2) is 0 Å². The van der Waals surface area contributed by atoms with E-state index in [0.717, 1.165) is 29.4 Å². The highest BCUT2D eigenvalue weighted by atomic mass is 127. The Kier molecular flexibility index (Phi) is 25.6. The van der Waals surface area contributed by atoms with Crippen LogP contribution in [0.4, 0.5) is 0 Å². The number of esters is 6.